The molecule has 0 aromatic heterocycles. The molecule has 6 nitrogen and oxygen atoms in total. The van der Waals surface area contributed by atoms with Gasteiger partial charge in [0, 0.05) is 19.6 Å². The molecule has 1 fully saturated rings. The van der Waals surface area contributed by atoms with E-state index >= 15 is 0 Å². The summed E-state index contributed by atoms with van der Waals surface area (Å²) < 4.78 is 32.1. The highest BCUT2D eigenvalue weighted by atomic mass is 32.2. The Bertz CT molecular complexity index is 679. The molecule has 0 unspecified atom stereocenters. The van der Waals surface area contributed by atoms with Crippen molar-refractivity contribution in [1.29, 1.82) is 0 Å². The lowest BCUT2D eigenvalue weighted by molar-refractivity contribution is 0.0720. The van der Waals surface area contributed by atoms with Crippen LogP contribution in [0.25, 0.3) is 0 Å². The fourth-order valence-corrected chi connectivity index (χ4v) is 3.56. The summed E-state index contributed by atoms with van der Waals surface area (Å²) >= 11 is 0. The molecule has 0 radical (unpaired) electrons. The summed E-state index contributed by atoms with van der Waals surface area (Å²) in [5.41, 5.74) is 0.274. The number of hydrogen-bond donors (Lipinski definition) is 1. The van der Waals surface area contributed by atoms with Crippen LogP contribution < -0.4 is 9.46 Å². The van der Waals surface area contributed by atoms with Crippen LogP contribution in [0.1, 0.15) is 29.6 Å². The lowest BCUT2D eigenvalue weighted by Gasteiger charge is -2.27. The van der Waals surface area contributed by atoms with Crippen molar-refractivity contribution < 1.29 is 17.9 Å². The minimum atomic E-state index is -3.68. The zero-order valence-electron chi connectivity index (χ0n) is 13.2. The van der Waals surface area contributed by atoms with Crippen molar-refractivity contribution in [2.75, 3.05) is 26.7 Å². The number of amides is 1. The molecule has 1 N–H and O–H groups in total. The summed E-state index contributed by atoms with van der Waals surface area (Å²) in [6, 6.07) is 4.32. The van der Waals surface area contributed by atoms with Gasteiger partial charge in [0.2, 0.25) is 10.0 Å². The molecule has 1 heterocycles. The molecule has 2 rings (SSSR count). The van der Waals surface area contributed by atoms with Crippen molar-refractivity contribution in [3.05, 3.63) is 36.4 Å². The highest BCUT2D eigenvalue weighted by molar-refractivity contribution is 7.89. The number of likely N-dealkylation sites (tertiary alicyclic amines) is 1. The number of rotatable bonds is 6. The normalized spacial score (nSPS) is 15.3. The number of nitrogens with one attached hydrogen (secondary N) is 1. The van der Waals surface area contributed by atoms with Crippen LogP contribution in [0.4, 0.5) is 0 Å². The lowest BCUT2D eigenvalue weighted by Crippen LogP contribution is -2.36. The Labute approximate surface area is 137 Å². The summed E-state index contributed by atoms with van der Waals surface area (Å²) in [7, 11) is -2.22. The van der Waals surface area contributed by atoms with Gasteiger partial charge in [-0.25, -0.2) is 13.1 Å². The Morgan fingerprint density at radius 2 is 2.04 bits per heavy atom. The highest BCUT2D eigenvalue weighted by Gasteiger charge is 2.24. The van der Waals surface area contributed by atoms with Crippen molar-refractivity contribution in [3.8, 4) is 5.75 Å². The van der Waals surface area contributed by atoms with Gasteiger partial charge < -0.3 is 9.64 Å². The minimum Gasteiger partial charge on any atom is -0.496 e. The molecule has 1 amide bonds. The smallest absolute Gasteiger partial charge is 0.257 e. The molecule has 0 saturated carbocycles. The molecule has 126 valence electrons. The van der Waals surface area contributed by atoms with Crippen LogP contribution in [-0.2, 0) is 10.0 Å². The van der Waals surface area contributed by atoms with E-state index in [4.69, 9.17) is 4.74 Å². The van der Waals surface area contributed by atoms with Crippen molar-refractivity contribution in [3.63, 3.8) is 0 Å². The van der Waals surface area contributed by atoms with Gasteiger partial charge >= 0.3 is 0 Å². The quantitative estimate of drug-likeness (QED) is 0.802. The SMILES string of the molecule is C=CCNS(=O)(=O)c1ccc(OC)c(C(=O)N2CCCCC2)c1. The molecule has 0 spiro atoms. The van der Waals surface area contributed by atoms with E-state index in [0.29, 0.717) is 18.8 Å². The standard InChI is InChI=1S/C16H22N2O4S/c1-3-9-17-23(20,21)13-7-8-15(22-2)14(12-13)16(19)18-10-5-4-6-11-18/h3,7-8,12,17H,1,4-6,9-11H2,2H3. The Hall–Kier alpha value is -1.86. The molecule has 1 saturated heterocycles. The van der Waals surface area contributed by atoms with Crippen molar-refractivity contribution in [2.24, 2.45) is 0 Å². The van der Waals surface area contributed by atoms with Crippen LogP contribution in [0, 0.1) is 0 Å². The van der Waals surface area contributed by atoms with Crippen LogP contribution in [0.3, 0.4) is 0 Å². The second kappa shape index (κ2) is 7.61. The molecule has 0 aliphatic carbocycles. The van der Waals surface area contributed by atoms with Gasteiger partial charge in [-0.05, 0) is 37.5 Å². The van der Waals surface area contributed by atoms with E-state index in [1.807, 2.05) is 0 Å². The lowest BCUT2D eigenvalue weighted by atomic mass is 10.1. The predicted octanol–water partition coefficient (Wildman–Crippen LogP) is 1.79. The maximum absolute atomic E-state index is 12.7. The van der Waals surface area contributed by atoms with Gasteiger partial charge in [-0.3, -0.25) is 4.79 Å². The predicted molar refractivity (Wildman–Crippen MR) is 88.1 cm³/mol. The minimum absolute atomic E-state index is 0.0421. The molecule has 7 heteroatoms. The number of sulfonamides is 1. The summed E-state index contributed by atoms with van der Waals surface area (Å²) in [5.74, 6) is 0.186. The molecular formula is C16H22N2O4S. The first-order valence-corrected chi connectivity index (χ1v) is 9.06. The van der Waals surface area contributed by atoms with Gasteiger partial charge in [0.15, 0.2) is 0 Å². The fraction of sp³-hybridized carbons (Fsp3) is 0.438. The van der Waals surface area contributed by atoms with E-state index in [9.17, 15) is 13.2 Å². The Kier molecular flexibility index (Phi) is 5.79. The molecule has 23 heavy (non-hydrogen) atoms. The van der Waals surface area contributed by atoms with Gasteiger partial charge in [-0.2, -0.15) is 0 Å². The number of ether oxygens (including phenoxy) is 1. The summed E-state index contributed by atoms with van der Waals surface area (Å²) in [6.45, 7) is 4.99. The first-order valence-electron chi connectivity index (χ1n) is 7.57. The van der Waals surface area contributed by atoms with Crippen LogP contribution in [-0.4, -0.2) is 46.0 Å². The zero-order valence-corrected chi connectivity index (χ0v) is 14.1. The zero-order chi connectivity index (χ0) is 16.9. The number of carbonyl (C=O) groups excluding carboxylic acids is 1. The maximum atomic E-state index is 12.7. The summed E-state index contributed by atoms with van der Waals surface area (Å²) in [6.07, 6.45) is 4.50. The molecule has 0 atom stereocenters. The van der Waals surface area contributed by atoms with Crippen LogP contribution in [0.2, 0.25) is 0 Å². The number of nitrogens with zero attached hydrogens (tertiary/aromatic N) is 1. The molecule has 1 aromatic rings. The molecule has 1 aliphatic rings. The topological polar surface area (TPSA) is 75.7 Å². The average Bonchev–Trinajstić information content (AvgIpc) is 2.59. The van der Waals surface area contributed by atoms with Crippen LogP contribution >= 0.6 is 0 Å². The molecule has 1 aliphatic heterocycles. The number of benzene rings is 1. The van der Waals surface area contributed by atoms with E-state index in [1.54, 1.807) is 4.90 Å². The van der Waals surface area contributed by atoms with E-state index in [1.165, 1.54) is 31.4 Å². The first-order chi connectivity index (χ1) is 11.0. The average molecular weight is 338 g/mol. The Balaban J connectivity index is 2.35. The second-order valence-corrected chi connectivity index (χ2v) is 7.12. The van der Waals surface area contributed by atoms with Gasteiger partial charge in [0.25, 0.3) is 5.91 Å². The summed E-state index contributed by atoms with van der Waals surface area (Å²) in [5, 5.41) is 0. The molecule has 1 aromatic carbocycles. The number of hydrogen-bond acceptors (Lipinski definition) is 4. The van der Waals surface area contributed by atoms with Gasteiger partial charge in [-0.1, -0.05) is 6.08 Å². The van der Waals surface area contributed by atoms with Crippen molar-refractivity contribution >= 4 is 15.9 Å². The maximum Gasteiger partial charge on any atom is 0.257 e. The highest BCUT2D eigenvalue weighted by Crippen LogP contribution is 2.25. The third-order valence-corrected chi connectivity index (χ3v) is 5.19. The van der Waals surface area contributed by atoms with Crippen LogP contribution in [0.5, 0.6) is 5.75 Å². The fourth-order valence-electron chi connectivity index (χ4n) is 2.54. The number of methoxy groups -OCH3 is 1. The number of carbonyl (C=O) groups is 1. The van der Waals surface area contributed by atoms with Gasteiger partial charge in [0.05, 0.1) is 17.6 Å². The number of piperidine rings is 1. The largest absolute Gasteiger partial charge is 0.496 e. The molecular weight excluding hydrogens is 316 g/mol. The Morgan fingerprint density at radius 1 is 1.35 bits per heavy atom. The second-order valence-electron chi connectivity index (χ2n) is 5.36. The van der Waals surface area contributed by atoms with Crippen molar-refractivity contribution in [1.82, 2.24) is 9.62 Å². The summed E-state index contributed by atoms with van der Waals surface area (Å²) in [4.78, 5) is 14.5. The third-order valence-electron chi connectivity index (χ3n) is 3.77. The van der Waals surface area contributed by atoms with Gasteiger partial charge in [-0.15, -0.1) is 6.58 Å². The van der Waals surface area contributed by atoms with E-state index in [2.05, 4.69) is 11.3 Å². The Morgan fingerprint density at radius 3 is 2.65 bits per heavy atom. The van der Waals surface area contributed by atoms with E-state index in [0.717, 1.165) is 19.3 Å². The third kappa shape index (κ3) is 4.11. The molecule has 0 bridgehead atoms. The van der Waals surface area contributed by atoms with Gasteiger partial charge in [0.1, 0.15) is 5.75 Å². The van der Waals surface area contributed by atoms with E-state index in [-0.39, 0.29) is 22.9 Å². The van der Waals surface area contributed by atoms with E-state index < -0.39 is 10.0 Å². The van der Waals surface area contributed by atoms with Crippen molar-refractivity contribution in [2.45, 2.75) is 24.2 Å². The first kappa shape index (κ1) is 17.5. The monoisotopic (exact) mass is 338 g/mol. The van der Waals surface area contributed by atoms with Crippen LogP contribution in [0.15, 0.2) is 35.7 Å².